The molecule has 1 aliphatic heterocycles. The van der Waals surface area contributed by atoms with Gasteiger partial charge in [0.2, 0.25) is 22.7 Å². The molecule has 0 fully saturated rings. The Kier molecular flexibility index (Phi) is 5.43. The van der Waals surface area contributed by atoms with E-state index in [1.165, 1.54) is 25.1 Å². The number of hydrogen-bond donors (Lipinski definition) is 2. The Labute approximate surface area is 156 Å². The fourth-order valence-corrected chi connectivity index (χ4v) is 3.54. The van der Waals surface area contributed by atoms with Crippen LogP contribution >= 0.6 is 0 Å². The Bertz CT molecular complexity index is 987. The number of nitrogens with one attached hydrogen (secondary N) is 2. The van der Waals surface area contributed by atoms with Crippen LogP contribution in [-0.4, -0.2) is 33.4 Å². The minimum Gasteiger partial charge on any atom is -0.454 e. The lowest BCUT2D eigenvalue weighted by molar-refractivity contribution is -0.116. The molecule has 0 saturated heterocycles. The van der Waals surface area contributed by atoms with Crippen LogP contribution in [-0.2, 0) is 14.8 Å². The van der Waals surface area contributed by atoms with Gasteiger partial charge in [0.1, 0.15) is 0 Å². The number of Topliss-reactive ketones (excluding diaryl/α,β-unsaturated/α-hetero) is 1. The van der Waals surface area contributed by atoms with Gasteiger partial charge in [-0.1, -0.05) is 12.1 Å². The molecule has 0 saturated carbocycles. The molecule has 1 amide bonds. The normalized spacial score (nSPS) is 12.6. The second-order valence-corrected chi connectivity index (χ2v) is 7.61. The lowest BCUT2D eigenvalue weighted by Crippen LogP contribution is -2.28. The predicted octanol–water partition coefficient (Wildman–Crippen LogP) is 1.93. The molecular formula is C18H18N2O6S. The van der Waals surface area contributed by atoms with Gasteiger partial charge in [-0.15, -0.1) is 0 Å². The van der Waals surface area contributed by atoms with Gasteiger partial charge in [0.15, 0.2) is 17.3 Å². The summed E-state index contributed by atoms with van der Waals surface area (Å²) in [4.78, 5) is 23.4. The summed E-state index contributed by atoms with van der Waals surface area (Å²) in [6, 6.07) is 10.7. The molecule has 27 heavy (non-hydrogen) atoms. The Morgan fingerprint density at radius 3 is 2.63 bits per heavy atom. The van der Waals surface area contributed by atoms with Crippen molar-refractivity contribution >= 4 is 27.4 Å². The van der Waals surface area contributed by atoms with Crippen molar-refractivity contribution in [1.82, 2.24) is 4.72 Å². The smallest absolute Gasteiger partial charge is 0.240 e. The molecule has 3 rings (SSSR count). The van der Waals surface area contributed by atoms with E-state index in [0.717, 1.165) is 0 Å². The molecule has 0 spiro atoms. The van der Waals surface area contributed by atoms with E-state index in [0.29, 0.717) is 22.7 Å². The molecule has 0 unspecified atom stereocenters. The fourth-order valence-electron chi connectivity index (χ4n) is 2.46. The molecule has 0 atom stereocenters. The van der Waals surface area contributed by atoms with Crippen LogP contribution in [0.1, 0.15) is 23.7 Å². The van der Waals surface area contributed by atoms with Crippen molar-refractivity contribution in [2.24, 2.45) is 0 Å². The monoisotopic (exact) mass is 390 g/mol. The molecule has 0 radical (unpaired) electrons. The molecule has 2 aromatic rings. The van der Waals surface area contributed by atoms with Crippen LogP contribution in [0.3, 0.4) is 0 Å². The van der Waals surface area contributed by atoms with Crippen molar-refractivity contribution < 1.29 is 27.5 Å². The van der Waals surface area contributed by atoms with Gasteiger partial charge >= 0.3 is 0 Å². The number of ether oxygens (including phenoxy) is 2. The highest BCUT2D eigenvalue weighted by Gasteiger charge is 2.17. The van der Waals surface area contributed by atoms with E-state index in [9.17, 15) is 18.0 Å². The summed E-state index contributed by atoms with van der Waals surface area (Å²) < 4.78 is 37.4. The van der Waals surface area contributed by atoms with Gasteiger partial charge < -0.3 is 14.8 Å². The maximum absolute atomic E-state index is 12.3. The van der Waals surface area contributed by atoms with Crippen molar-refractivity contribution in [3.05, 3.63) is 48.0 Å². The third kappa shape index (κ3) is 4.63. The highest BCUT2D eigenvalue weighted by Crippen LogP contribution is 2.34. The van der Waals surface area contributed by atoms with Crippen molar-refractivity contribution in [3.8, 4) is 11.5 Å². The summed E-state index contributed by atoms with van der Waals surface area (Å²) >= 11 is 0. The first-order valence-electron chi connectivity index (χ1n) is 8.15. The average Bonchev–Trinajstić information content (AvgIpc) is 3.09. The van der Waals surface area contributed by atoms with E-state index in [1.807, 2.05) is 0 Å². The average molecular weight is 390 g/mol. The molecule has 9 heteroatoms. The highest BCUT2D eigenvalue weighted by molar-refractivity contribution is 7.89. The number of rotatable bonds is 7. The number of benzene rings is 2. The van der Waals surface area contributed by atoms with Crippen LogP contribution in [0.25, 0.3) is 0 Å². The Morgan fingerprint density at radius 2 is 1.85 bits per heavy atom. The second kappa shape index (κ2) is 7.77. The summed E-state index contributed by atoms with van der Waals surface area (Å²) in [6.07, 6.45) is -0.0555. The van der Waals surface area contributed by atoms with E-state index in [1.54, 1.807) is 24.3 Å². The largest absolute Gasteiger partial charge is 0.454 e. The minimum absolute atomic E-state index is 0.0219. The quantitative estimate of drug-likeness (QED) is 0.699. The van der Waals surface area contributed by atoms with E-state index < -0.39 is 10.0 Å². The molecule has 2 aromatic carbocycles. The third-order valence-electron chi connectivity index (χ3n) is 3.85. The van der Waals surface area contributed by atoms with Crippen molar-refractivity contribution in [1.29, 1.82) is 0 Å². The molecule has 142 valence electrons. The lowest BCUT2D eigenvalue weighted by atomic mass is 10.2. The van der Waals surface area contributed by atoms with E-state index in [-0.39, 0.29) is 36.3 Å². The Hall–Kier alpha value is -2.91. The number of anilines is 1. The number of sulfonamides is 1. The lowest BCUT2D eigenvalue weighted by Gasteiger charge is -2.09. The van der Waals surface area contributed by atoms with Crippen LogP contribution in [0, 0.1) is 0 Å². The first kappa shape index (κ1) is 18.9. The highest BCUT2D eigenvalue weighted by atomic mass is 32.2. The van der Waals surface area contributed by atoms with Gasteiger partial charge in [-0.25, -0.2) is 13.1 Å². The maximum atomic E-state index is 12.3. The maximum Gasteiger partial charge on any atom is 0.240 e. The van der Waals surface area contributed by atoms with Gasteiger partial charge in [-0.2, -0.15) is 0 Å². The second-order valence-electron chi connectivity index (χ2n) is 5.85. The Balaban J connectivity index is 1.55. The summed E-state index contributed by atoms with van der Waals surface area (Å²) in [5.74, 6) is 0.566. The number of hydrogen-bond acceptors (Lipinski definition) is 6. The SMILES string of the molecule is CC(=O)c1cccc(S(=O)(=O)NCCC(=O)Nc2ccc3c(c2)OCO3)c1. The van der Waals surface area contributed by atoms with Gasteiger partial charge in [0.25, 0.3) is 0 Å². The number of carbonyl (C=O) groups excluding carboxylic acids is 2. The Morgan fingerprint density at radius 1 is 1.07 bits per heavy atom. The van der Waals surface area contributed by atoms with Gasteiger partial charge in [0, 0.05) is 30.3 Å². The van der Waals surface area contributed by atoms with Crippen LogP contribution in [0.4, 0.5) is 5.69 Å². The number of carbonyl (C=O) groups is 2. The van der Waals surface area contributed by atoms with Crippen LogP contribution < -0.4 is 19.5 Å². The van der Waals surface area contributed by atoms with Gasteiger partial charge in [0.05, 0.1) is 4.90 Å². The first-order chi connectivity index (χ1) is 12.8. The first-order valence-corrected chi connectivity index (χ1v) is 9.64. The molecule has 1 heterocycles. The number of ketones is 1. The molecule has 0 bridgehead atoms. The molecule has 2 N–H and O–H groups in total. The van der Waals surface area contributed by atoms with Crippen molar-refractivity contribution in [3.63, 3.8) is 0 Å². The zero-order chi connectivity index (χ0) is 19.4. The zero-order valence-electron chi connectivity index (χ0n) is 14.5. The summed E-state index contributed by atoms with van der Waals surface area (Å²) in [5.41, 5.74) is 0.833. The number of fused-ring (bicyclic) bond motifs is 1. The van der Waals surface area contributed by atoms with Crippen LogP contribution in [0.15, 0.2) is 47.4 Å². The standard InChI is InChI=1S/C18H18N2O6S/c1-12(21)13-3-2-4-15(9-13)27(23,24)19-8-7-18(22)20-14-5-6-16-17(10-14)26-11-25-16/h2-6,9-10,19H,7-8,11H2,1H3,(H,20,22). The van der Waals surface area contributed by atoms with Crippen LogP contribution in [0.2, 0.25) is 0 Å². The molecule has 1 aliphatic rings. The summed E-state index contributed by atoms with van der Waals surface area (Å²) in [7, 11) is -3.81. The topological polar surface area (TPSA) is 111 Å². The van der Waals surface area contributed by atoms with Crippen LogP contribution in [0.5, 0.6) is 11.5 Å². The summed E-state index contributed by atoms with van der Waals surface area (Å²) in [6.45, 7) is 1.42. The third-order valence-corrected chi connectivity index (χ3v) is 5.31. The van der Waals surface area contributed by atoms with Crippen molar-refractivity contribution in [2.45, 2.75) is 18.2 Å². The molecule has 0 aromatic heterocycles. The molecular weight excluding hydrogens is 372 g/mol. The van der Waals surface area contributed by atoms with Gasteiger partial charge in [-0.3, -0.25) is 9.59 Å². The predicted molar refractivity (Wildman–Crippen MR) is 97.4 cm³/mol. The number of amides is 1. The summed E-state index contributed by atoms with van der Waals surface area (Å²) in [5, 5.41) is 2.67. The van der Waals surface area contributed by atoms with E-state index >= 15 is 0 Å². The van der Waals surface area contributed by atoms with E-state index in [4.69, 9.17) is 9.47 Å². The fraction of sp³-hybridized carbons (Fsp3) is 0.222. The van der Waals surface area contributed by atoms with Crippen molar-refractivity contribution in [2.75, 3.05) is 18.7 Å². The minimum atomic E-state index is -3.81. The van der Waals surface area contributed by atoms with E-state index in [2.05, 4.69) is 10.0 Å². The molecule has 8 nitrogen and oxygen atoms in total. The van der Waals surface area contributed by atoms with Gasteiger partial charge in [-0.05, 0) is 31.2 Å². The molecule has 0 aliphatic carbocycles. The zero-order valence-corrected chi connectivity index (χ0v) is 15.3.